The molecule has 0 fully saturated rings. The molecule has 0 aliphatic rings. The van der Waals surface area contributed by atoms with Crippen molar-refractivity contribution < 1.29 is 9.63 Å². The Morgan fingerprint density at radius 3 is 2.37 bits per heavy atom. The monoisotopic (exact) mass is 409 g/mol. The molecule has 0 saturated carbocycles. The maximum absolute atomic E-state index is 11.4. The summed E-state index contributed by atoms with van der Waals surface area (Å²) in [5.74, 6) is -0.257. The van der Waals surface area contributed by atoms with Crippen LogP contribution in [0.4, 0.5) is 5.69 Å². The van der Waals surface area contributed by atoms with Crippen LogP contribution in [0.2, 0.25) is 10.0 Å². The van der Waals surface area contributed by atoms with Crippen LogP contribution in [-0.2, 0) is 9.63 Å². The number of amides is 1. The zero-order valence-corrected chi connectivity index (χ0v) is 17.4. The van der Waals surface area contributed by atoms with Crippen LogP contribution in [0.3, 0.4) is 0 Å². The lowest BCUT2D eigenvalue weighted by Crippen LogP contribution is -2.21. The maximum atomic E-state index is 11.4. The number of anilines is 1. The first-order chi connectivity index (χ1) is 12.9. The van der Waals surface area contributed by atoms with Crippen LogP contribution in [0.1, 0.15) is 44.9 Å². The number of nitrogens with two attached hydrogens (primary N) is 1. The summed E-state index contributed by atoms with van der Waals surface area (Å²) in [5.41, 5.74) is 8.03. The fraction of sp³-hybridized carbons (Fsp3) is 0.300. The summed E-state index contributed by atoms with van der Waals surface area (Å²) < 4.78 is 0. The fourth-order valence-corrected chi connectivity index (χ4v) is 2.86. The SMILES string of the molecule is C/C(=N\OC(C)c1cccc(NC(=O)CN)c1)c1c(Cl)cccc1Cl.CC. The molecule has 2 rings (SSSR count). The molecule has 1 amide bonds. The molecule has 0 heterocycles. The van der Waals surface area contributed by atoms with Crippen molar-refractivity contribution in [1.82, 2.24) is 0 Å². The molecule has 0 aromatic heterocycles. The summed E-state index contributed by atoms with van der Waals surface area (Å²) in [4.78, 5) is 17.0. The lowest BCUT2D eigenvalue weighted by molar-refractivity contribution is -0.114. The standard InChI is InChI=1S/C18H19Cl2N3O2.C2H6/c1-11(18-15(19)7-4-8-16(18)20)23-25-12(2)13-5-3-6-14(9-13)22-17(24)10-21;1-2/h3-9,12H,10,21H2,1-2H3,(H,22,24);1-2H3/b23-11+;. The van der Waals surface area contributed by atoms with E-state index >= 15 is 0 Å². The topological polar surface area (TPSA) is 76.7 Å². The van der Waals surface area contributed by atoms with Crippen molar-refractivity contribution in [3.05, 3.63) is 63.6 Å². The van der Waals surface area contributed by atoms with Gasteiger partial charge in [-0.1, -0.05) is 60.4 Å². The molecule has 1 atom stereocenters. The zero-order valence-electron chi connectivity index (χ0n) is 15.9. The number of carbonyl (C=O) groups excluding carboxylic acids is 1. The van der Waals surface area contributed by atoms with Crippen LogP contribution in [0.25, 0.3) is 0 Å². The van der Waals surface area contributed by atoms with Gasteiger partial charge in [0.2, 0.25) is 5.91 Å². The Morgan fingerprint density at radius 1 is 1.19 bits per heavy atom. The molecule has 5 nitrogen and oxygen atoms in total. The second-order valence-corrected chi connectivity index (χ2v) is 6.21. The highest BCUT2D eigenvalue weighted by atomic mass is 35.5. The highest BCUT2D eigenvalue weighted by Crippen LogP contribution is 2.26. The van der Waals surface area contributed by atoms with Crippen molar-refractivity contribution >= 4 is 40.5 Å². The smallest absolute Gasteiger partial charge is 0.238 e. The maximum Gasteiger partial charge on any atom is 0.238 e. The number of benzene rings is 2. The van der Waals surface area contributed by atoms with Crippen molar-refractivity contribution in [2.45, 2.75) is 33.8 Å². The number of hydrogen-bond acceptors (Lipinski definition) is 4. The lowest BCUT2D eigenvalue weighted by atomic mass is 10.1. The Balaban J connectivity index is 0.00000176. The van der Waals surface area contributed by atoms with Gasteiger partial charge in [0.05, 0.1) is 22.3 Å². The summed E-state index contributed by atoms with van der Waals surface area (Å²) in [5, 5.41) is 7.86. The number of carbonyl (C=O) groups is 1. The van der Waals surface area contributed by atoms with Crippen LogP contribution < -0.4 is 11.1 Å². The number of oxime groups is 1. The minimum atomic E-state index is -0.328. The van der Waals surface area contributed by atoms with E-state index in [2.05, 4.69) is 10.5 Å². The van der Waals surface area contributed by atoms with E-state index in [1.165, 1.54) is 0 Å². The third-order valence-corrected chi connectivity index (χ3v) is 4.13. The molecule has 0 radical (unpaired) electrons. The van der Waals surface area contributed by atoms with Crippen LogP contribution in [0.5, 0.6) is 0 Å². The van der Waals surface area contributed by atoms with Gasteiger partial charge >= 0.3 is 0 Å². The molecule has 0 bridgehead atoms. The predicted molar refractivity (Wildman–Crippen MR) is 114 cm³/mol. The summed E-state index contributed by atoms with van der Waals surface area (Å²) in [6.45, 7) is 7.56. The first kappa shape index (κ1) is 23.0. The van der Waals surface area contributed by atoms with E-state index < -0.39 is 0 Å². The minimum absolute atomic E-state index is 0.0711. The van der Waals surface area contributed by atoms with E-state index in [-0.39, 0.29) is 18.6 Å². The second kappa shape index (κ2) is 11.6. The second-order valence-electron chi connectivity index (χ2n) is 5.40. The van der Waals surface area contributed by atoms with Crippen LogP contribution in [0.15, 0.2) is 47.6 Å². The Morgan fingerprint density at radius 2 is 1.78 bits per heavy atom. The van der Waals surface area contributed by atoms with Crippen LogP contribution >= 0.6 is 23.2 Å². The van der Waals surface area contributed by atoms with Gasteiger partial charge in [-0.3, -0.25) is 4.79 Å². The van der Waals surface area contributed by atoms with Gasteiger partial charge in [0, 0.05) is 11.3 Å². The first-order valence-electron chi connectivity index (χ1n) is 8.67. The number of nitrogens with one attached hydrogen (secondary N) is 1. The summed E-state index contributed by atoms with van der Waals surface area (Å²) in [6.07, 6.45) is -0.328. The van der Waals surface area contributed by atoms with E-state index in [1.807, 2.05) is 39.0 Å². The van der Waals surface area contributed by atoms with Gasteiger partial charge < -0.3 is 15.9 Å². The fourth-order valence-electron chi connectivity index (χ4n) is 2.19. The van der Waals surface area contributed by atoms with Crippen molar-refractivity contribution in [3.63, 3.8) is 0 Å². The van der Waals surface area contributed by atoms with Gasteiger partial charge in [-0.2, -0.15) is 0 Å². The van der Waals surface area contributed by atoms with Crippen LogP contribution in [-0.4, -0.2) is 18.2 Å². The van der Waals surface area contributed by atoms with E-state index in [1.54, 1.807) is 31.2 Å². The largest absolute Gasteiger partial charge is 0.388 e. The normalized spacial score (nSPS) is 11.9. The van der Waals surface area contributed by atoms with Crippen molar-refractivity contribution in [2.75, 3.05) is 11.9 Å². The molecule has 27 heavy (non-hydrogen) atoms. The van der Waals surface area contributed by atoms with E-state index in [9.17, 15) is 4.79 Å². The third-order valence-electron chi connectivity index (χ3n) is 3.50. The van der Waals surface area contributed by atoms with Gasteiger partial charge in [0.25, 0.3) is 0 Å². The Labute approximate surface area is 170 Å². The quantitative estimate of drug-likeness (QED) is 0.493. The number of hydrogen-bond donors (Lipinski definition) is 2. The molecule has 7 heteroatoms. The average Bonchev–Trinajstić information content (AvgIpc) is 2.67. The molecular weight excluding hydrogens is 385 g/mol. The van der Waals surface area contributed by atoms with Crippen LogP contribution in [0, 0.1) is 0 Å². The Kier molecular flexibility index (Phi) is 9.86. The zero-order chi connectivity index (χ0) is 20.4. The Hall–Kier alpha value is -2.08. The average molecular weight is 410 g/mol. The molecule has 1 unspecified atom stereocenters. The van der Waals surface area contributed by atoms with Gasteiger partial charge in [0.1, 0.15) is 6.10 Å². The van der Waals surface area contributed by atoms with Gasteiger partial charge in [0.15, 0.2) is 0 Å². The van der Waals surface area contributed by atoms with Gasteiger partial charge in [-0.25, -0.2) is 0 Å². The minimum Gasteiger partial charge on any atom is -0.388 e. The van der Waals surface area contributed by atoms with Crippen molar-refractivity contribution in [1.29, 1.82) is 0 Å². The molecule has 2 aromatic carbocycles. The first-order valence-corrected chi connectivity index (χ1v) is 9.42. The van der Waals surface area contributed by atoms with E-state index in [0.29, 0.717) is 27.0 Å². The Bertz CT molecular complexity index is 774. The summed E-state index contributed by atoms with van der Waals surface area (Å²) >= 11 is 12.3. The third kappa shape index (κ3) is 6.86. The molecule has 0 aliphatic heterocycles. The predicted octanol–water partition coefficient (Wildman–Crippen LogP) is 5.42. The molecule has 3 N–H and O–H groups in total. The molecule has 2 aromatic rings. The van der Waals surface area contributed by atoms with Crippen molar-refractivity contribution in [2.24, 2.45) is 10.9 Å². The molecule has 0 saturated heterocycles. The number of rotatable bonds is 6. The highest BCUT2D eigenvalue weighted by molar-refractivity contribution is 6.40. The molecule has 0 aliphatic carbocycles. The summed E-state index contributed by atoms with van der Waals surface area (Å²) in [7, 11) is 0. The van der Waals surface area contributed by atoms with Crippen molar-refractivity contribution in [3.8, 4) is 0 Å². The molecule has 146 valence electrons. The highest BCUT2D eigenvalue weighted by Gasteiger charge is 2.12. The number of halogens is 2. The molecule has 0 spiro atoms. The van der Waals surface area contributed by atoms with E-state index in [4.69, 9.17) is 33.8 Å². The van der Waals surface area contributed by atoms with Gasteiger partial charge in [-0.15, -0.1) is 0 Å². The number of nitrogens with zero attached hydrogens (tertiary/aromatic N) is 1. The van der Waals surface area contributed by atoms with E-state index in [0.717, 1.165) is 5.56 Å². The lowest BCUT2D eigenvalue weighted by Gasteiger charge is -2.13. The molecular formula is C20H25Cl2N3O2. The summed E-state index contributed by atoms with van der Waals surface area (Å²) in [6, 6.07) is 12.6. The van der Waals surface area contributed by atoms with Gasteiger partial charge in [-0.05, 0) is 43.7 Å².